The number of rotatable bonds is 7. The zero-order valence-corrected chi connectivity index (χ0v) is 16.9. The average Bonchev–Trinajstić information content (AvgIpc) is 3.17. The van der Waals surface area contributed by atoms with Crippen LogP contribution in [0.15, 0.2) is 24.3 Å². The Morgan fingerprint density at radius 1 is 1.27 bits per heavy atom. The number of para-hydroxylation sites is 1. The molecule has 1 N–H and O–H groups in total. The molecule has 2 aliphatic rings. The Morgan fingerprint density at radius 2 is 1.96 bits per heavy atom. The minimum atomic E-state index is 0.150. The van der Waals surface area contributed by atoms with Crippen molar-refractivity contribution in [1.29, 1.82) is 0 Å². The van der Waals surface area contributed by atoms with Gasteiger partial charge in [0.2, 0.25) is 5.91 Å². The van der Waals surface area contributed by atoms with Crippen molar-refractivity contribution in [3.8, 4) is 5.75 Å². The van der Waals surface area contributed by atoms with Crippen LogP contribution in [0.2, 0.25) is 0 Å². The molecular weight excluding hydrogens is 344 g/mol. The quantitative estimate of drug-likeness (QED) is 0.788. The molecule has 5 heteroatoms. The first-order valence-electron chi connectivity index (χ1n) is 9.87. The minimum Gasteiger partial charge on any atom is -0.496 e. The summed E-state index contributed by atoms with van der Waals surface area (Å²) < 4.78 is 5.44. The summed E-state index contributed by atoms with van der Waals surface area (Å²) in [6.07, 6.45) is 5.53. The Morgan fingerprint density at radius 3 is 2.65 bits per heavy atom. The van der Waals surface area contributed by atoms with Gasteiger partial charge in [0.15, 0.2) is 0 Å². The molecule has 0 aromatic heterocycles. The lowest BCUT2D eigenvalue weighted by atomic mass is 9.93. The van der Waals surface area contributed by atoms with Gasteiger partial charge in [0, 0.05) is 43.1 Å². The van der Waals surface area contributed by atoms with Gasteiger partial charge in [-0.1, -0.05) is 38.0 Å². The molecule has 1 atom stereocenters. The molecule has 3 rings (SSSR count). The lowest BCUT2D eigenvalue weighted by Gasteiger charge is -2.43. The molecule has 1 aliphatic carbocycles. The number of hydrogen-bond acceptors (Lipinski definition) is 4. The fraction of sp³-hybridized carbons (Fsp3) is 0.667. The van der Waals surface area contributed by atoms with E-state index in [-0.39, 0.29) is 17.4 Å². The Bertz CT molecular complexity index is 595. The molecule has 26 heavy (non-hydrogen) atoms. The third-order valence-electron chi connectivity index (χ3n) is 5.99. The normalized spacial score (nSPS) is 21.3. The fourth-order valence-corrected chi connectivity index (χ4v) is 5.38. The fourth-order valence-electron chi connectivity index (χ4n) is 4.47. The minimum absolute atomic E-state index is 0.150. The average molecular weight is 377 g/mol. The largest absolute Gasteiger partial charge is 0.496 e. The lowest BCUT2D eigenvalue weighted by Crippen LogP contribution is -2.56. The number of carbonyl (C=O) groups excluding carboxylic acids is 1. The van der Waals surface area contributed by atoms with Crippen molar-refractivity contribution in [2.24, 2.45) is 0 Å². The third-order valence-corrected chi connectivity index (χ3v) is 6.93. The molecule has 0 radical (unpaired) electrons. The Labute approximate surface area is 162 Å². The van der Waals surface area contributed by atoms with Gasteiger partial charge in [-0.3, -0.25) is 9.69 Å². The summed E-state index contributed by atoms with van der Waals surface area (Å²) in [5.74, 6) is 3.62. The van der Waals surface area contributed by atoms with Crippen molar-refractivity contribution < 1.29 is 9.53 Å². The van der Waals surface area contributed by atoms with Crippen LogP contribution >= 0.6 is 11.8 Å². The van der Waals surface area contributed by atoms with Crippen molar-refractivity contribution in [3.05, 3.63) is 29.8 Å². The molecule has 1 amide bonds. The molecule has 1 saturated carbocycles. The van der Waals surface area contributed by atoms with E-state index < -0.39 is 0 Å². The van der Waals surface area contributed by atoms with Gasteiger partial charge >= 0.3 is 0 Å². The van der Waals surface area contributed by atoms with Gasteiger partial charge in [0.05, 0.1) is 7.11 Å². The van der Waals surface area contributed by atoms with Gasteiger partial charge in [0.1, 0.15) is 5.75 Å². The molecule has 1 unspecified atom stereocenters. The molecule has 144 valence electrons. The van der Waals surface area contributed by atoms with Crippen LogP contribution in [0.4, 0.5) is 0 Å². The highest BCUT2D eigenvalue weighted by molar-refractivity contribution is 7.99. The molecule has 2 fully saturated rings. The molecule has 1 aromatic rings. The summed E-state index contributed by atoms with van der Waals surface area (Å²) >= 11 is 2.05. The summed E-state index contributed by atoms with van der Waals surface area (Å²) in [4.78, 5) is 15.3. The molecule has 1 heterocycles. The van der Waals surface area contributed by atoms with Crippen LogP contribution in [0.1, 0.15) is 50.5 Å². The highest BCUT2D eigenvalue weighted by atomic mass is 32.2. The standard InChI is InChI=1S/C21H32N2O2S/c1-17(18-7-3-4-8-19(18)25-2)15-20(24)22-16-21(9-5-6-10-21)23-11-13-26-14-12-23/h3-4,7-8,17H,5-6,9-16H2,1-2H3,(H,22,24). The second kappa shape index (κ2) is 9.14. The molecule has 1 aromatic carbocycles. The number of carbonyl (C=O) groups is 1. The second-order valence-corrected chi connectivity index (χ2v) is 8.88. The van der Waals surface area contributed by atoms with E-state index in [0.717, 1.165) is 30.9 Å². The van der Waals surface area contributed by atoms with Crippen molar-refractivity contribution in [2.45, 2.75) is 50.5 Å². The lowest BCUT2D eigenvalue weighted by molar-refractivity contribution is -0.122. The number of nitrogens with zero attached hydrogens (tertiary/aromatic N) is 1. The van der Waals surface area contributed by atoms with Crippen molar-refractivity contribution in [2.75, 3.05) is 38.2 Å². The first-order chi connectivity index (χ1) is 12.6. The third kappa shape index (κ3) is 4.55. The maximum atomic E-state index is 12.6. The van der Waals surface area contributed by atoms with Crippen LogP contribution in [0.3, 0.4) is 0 Å². The molecule has 0 spiro atoms. The van der Waals surface area contributed by atoms with E-state index in [4.69, 9.17) is 4.74 Å². The van der Waals surface area contributed by atoms with Gasteiger partial charge in [-0.25, -0.2) is 0 Å². The summed E-state index contributed by atoms with van der Waals surface area (Å²) in [5, 5.41) is 3.27. The van der Waals surface area contributed by atoms with Crippen molar-refractivity contribution in [1.82, 2.24) is 10.2 Å². The Hall–Kier alpha value is -1.20. The number of ether oxygens (including phenoxy) is 1. The SMILES string of the molecule is COc1ccccc1C(C)CC(=O)NCC1(N2CCSCC2)CCCC1. The van der Waals surface area contributed by atoms with E-state index in [9.17, 15) is 4.79 Å². The van der Waals surface area contributed by atoms with E-state index >= 15 is 0 Å². The van der Waals surface area contributed by atoms with Crippen LogP contribution in [-0.2, 0) is 4.79 Å². The monoisotopic (exact) mass is 376 g/mol. The predicted octanol–water partition coefficient (Wildman–Crippen LogP) is 3.67. The van der Waals surface area contributed by atoms with Crippen LogP contribution in [0.25, 0.3) is 0 Å². The van der Waals surface area contributed by atoms with Crippen LogP contribution < -0.4 is 10.1 Å². The van der Waals surface area contributed by atoms with E-state index in [1.807, 2.05) is 30.0 Å². The smallest absolute Gasteiger partial charge is 0.220 e. The number of benzene rings is 1. The number of thioether (sulfide) groups is 1. The highest BCUT2D eigenvalue weighted by Gasteiger charge is 2.40. The zero-order chi connectivity index (χ0) is 18.4. The maximum Gasteiger partial charge on any atom is 0.220 e. The topological polar surface area (TPSA) is 41.6 Å². The highest BCUT2D eigenvalue weighted by Crippen LogP contribution is 2.36. The number of amides is 1. The van der Waals surface area contributed by atoms with E-state index in [2.05, 4.69) is 23.2 Å². The Balaban J connectivity index is 1.57. The first-order valence-corrected chi connectivity index (χ1v) is 11.0. The van der Waals surface area contributed by atoms with Crippen molar-refractivity contribution >= 4 is 17.7 Å². The predicted molar refractivity (Wildman–Crippen MR) is 109 cm³/mol. The summed E-state index contributed by atoms with van der Waals surface area (Å²) in [5.41, 5.74) is 1.30. The first kappa shape index (κ1) is 19.6. The van der Waals surface area contributed by atoms with E-state index in [1.54, 1.807) is 7.11 Å². The van der Waals surface area contributed by atoms with Gasteiger partial charge in [-0.2, -0.15) is 11.8 Å². The molecule has 1 saturated heterocycles. The van der Waals surface area contributed by atoms with Crippen LogP contribution in [0, 0.1) is 0 Å². The zero-order valence-electron chi connectivity index (χ0n) is 16.1. The van der Waals surface area contributed by atoms with Gasteiger partial charge in [-0.05, 0) is 30.4 Å². The number of methoxy groups -OCH3 is 1. The molecule has 4 nitrogen and oxygen atoms in total. The second-order valence-electron chi connectivity index (χ2n) is 7.65. The van der Waals surface area contributed by atoms with Gasteiger partial charge in [-0.15, -0.1) is 0 Å². The van der Waals surface area contributed by atoms with Gasteiger partial charge in [0.25, 0.3) is 0 Å². The molecule has 1 aliphatic heterocycles. The molecule has 0 bridgehead atoms. The van der Waals surface area contributed by atoms with Crippen LogP contribution in [-0.4, -0.2) is 54.6 Å². The van der Waals surface area contributed by atoms with Crippen molar-refractivity contribution in [3.63, 3.8) is 0 Å². The number of nitrogens with one attached hydrogen (secondary N) is 1. The van der Waals surface area contributed by atoms with E-state index in [0.29, 0.717) is 6.42 Å². The number of hydrogen-bond donors (Lipinski definition) is 1. The van der Waals surface area contributed by atoms with Crippen LogP contribution in [0.5, 0.6) is 5.75 Å². The van der Waals surface area contributed by atoms with Gasteiger partial charge < -0.3 is 10.1 Å². The summed E-state index contributed by atoms with van der Waals surface area (Å²) in [7, 11) is 1.69. The van der Waals surface area contributed by atoms with E-state index in [1.165, 1.54) is 37.2 Å². The maximum absolute atomic E-state index is 12.6. The summed E-state index contributed by atoms with van der Waals surface area (Å²) in [6, 6.07) is 8.00. The summed E-state index contributed by atoms with van der Waals surface area (Å²) in [6.45, 7) is 5.23. The Kier molecular flexibility index (Phi) is 6.87. The molecular formula is C21H32N2O2S.